The number of anilines is 1. The maximum absolute atomic E-state index is 10.1. The summed E-state index contributed by atoms with van der Waals surface area (Å²) in [4.78, 5) is 12.7. The van der Waals surface area contributed by atoms with E-state index in [1.807, 2.05) is 31.1 Å². The summed E-state index contributed by atoms with van der Waals surface area (Å²) in [7, 11) is -1.62. The van der Waals surface area contributed by atoms with Crippen LogP contribution in [0.1, 0.15) is 0 Å². The first-order valence-corrected chi connectivity index (χ1v) is 5.04. The molecule has 1 N–H and O–H groups in total. The van der Waals surface area contributed by atoms with Gasteiger partial charge in [-0.25, -0.2) is 4.57 Å². The van der Waals surface area contributed by atoms with Crippen LogP contribution in [0.3, 0.4) is 0 Å². The van der Waals surface area contributed by atoms with E-state index in [0.29, 0.717) is 0 Å². The molecule has 1 aromatic rings. The van der Waals surface area contributed by atoms with Crippen molar-refractivity contribution in [1.82, 2.24) is 4.98 Å². The van der Waals surface area contributed by atoms with Crippen molar-refractivity contribution >= 4 is 13.7 Å². The first-order chi connectivity index (χ1) is 6.30. The summed E-state index contributed by atoms with van der Waals surface area (Å²) < 4.78 is 28.7. The Bertz CT molecular complexity index is 294. The molecule has 0 saturated carbocycles. The smallest absolute Gasteiger partial charge is 0.378 e. The molecular weight excluding hydrogens is 213 g/mol. The molecule has 0 spiro atoms. The molecule has 0 unspecified atom stereocenters. The van der Waals surface area contributed by atoms with E-state index in [0.717, 1.165) is 0 Å². The van der Waals surface area contributed by atoms with Crippen LogP contribution in [0.5, 0.6) is 0 Å². The fraction of sp³-hybridized carbons (Fsp3) is 0.286. The molecule has 0 fully saturated rings. The summed E-state index contributed by atoms with van der Waals surface area (Å²) in [6, 6.07) is 3.94. The van der Waals surface area contributed by atoms with Gasteiger partial charge in [-0.15, -0.1) is 8.39 Å². The topological polar surface area (TPSA) is 53.4 Å². The van der Waals surface area contributed by atoms with Gasteiger partial charge in [-0.3, -0.25) is 9.88 Å². The minimum atomic E-state index is -5.64. The van der Waals surface area contributed by atoms with Crippen molar-refractivity contribution in [2.45, 2.75) is 0 Å². The summed E-state index contributed by atoms with van der Waals surface area (Å²) in [5.41, 5.74) is 1.19. The zero-order chi connectivity index (χ0) is 11.2. The van der Waals surface area contributed by atoms with Crippen LogP contribution in [-0.4, -0.2) is 24.0 Å². The second kappa shape index (κ2) is 5.67. The molecule has 0 aliphatic rings. The number of aromatic nitrogens is 1. The first-order valence-electron chi connectivity index (χ1n) is 3.60. The van der Waals surface area contributed by atoms with Crippen molar-refractivity contribution in [3.63, 3.8) is 0 Å². The van der Waals surface area contributed by atoms with Gasteiger partial charge in [0, 0.05) is 32.2 Å². The normalized spacial score (nSPS) is 10.1. The number of halogens is 2. The van der Waals surface area contributed by atoms with Crippen LogP contribution in [0.15, 0.2) is 24.5 Å². The maximum atomic E-state index is 10.1. The number of hydrogen-bond donors (Lipinski definition) is 1. The molecular formula is C7H11F2N2O2P. The predicted molar refractivity (Wildman–Crippen MR) is 50.6 cm³/mol. The van der Waals surface area contributed by atoms with Crippen molar-refractivity contribution < 1.29 is 17.9 Å². The number of pyridine rings is 1. The Kier molecular flexibility index (Phi) is 5.27. The van der Waals surface area contributed by atoms with Gasteiger partial charge in [0.1, 0.15) is 0 Å². The lowest BCUT2D eigenvalue weighted by Crippen LogP contribution is -2.07. The van der Waals surface area contributed by atoms with E-state index in [-0.39, 0.29) is 0 Å². The third kappa shape index (κ3) is 9.09. The molecule has 0 saturated heterocycles. The van der Waals surface area contributed by atoms with Crippen LogP contribution in [0.4, 0.5) is 14.1 Å². The van der Waals surface area contributed by atoms with Crippen LogP contribution in [0, 0.1) is 0 Å². The summed E-state index contributed by atoms with van der Waals surface area (Å²) in [6.45, 7) is 0. The lowest BCUT2D eigenvalue weighted by Gasteiger charge is -2.10. The van der Waals surface area contributed by atoms with Crippen molar-refractivity contribution in [3.05, 3.63) is 24.5 Å². The van der Waals surface area contributed by atoms with Crippen LogP contribution in [-0.2, 0) is 4.57 Å². The molecule has 0 amide bonds. The molecule has 0 aromatic carbocycles. The summed E-state index contributed by atoms with van der Waals surface area (Å²) in [5.74, 6) is 0. The molecule has 1 heterocycles. The summed E-state index contributed by atoms with van der Waals surface area (Å²) in [6.07, 6.45) is 3.57. The lowest BCUT2D eigenvalue weighted by molar-refractivity contribution is 0.376. The molecule has 0 aliphatic heterocycles. The van der Waals surface area contributed by atoms with E-state index >= 15 is 0 Å². The number of nitrogens with zero attached hydrogens (tertiary/aromatic N) is 2. The fourth-order valence-electron chi connectivity index (χ4n) is 0.642. The zero-order valence-corrected chi connectivity index (χ0v) is 8.66. The monoisotopic (exact) mass is 224 g/mol. The molecule has 80 valence electrons. The Balaban J connectivity index is 0.000000292. The molecule has 0 bridgehead atoms. The second-order valence-electron chi connectivity index (χ2n) is 2.53. The van der Waals surface area contributed by atoms with Gasteiger partial charge in [-0.2, -0.15) is 0 Å². The fourth-order valence-corrected chi connectivity index (χ4v) is 0.642. The molecule has 1 aromatic heterocycles. The van der Waals surface area contributed by atoms with Crippen molar-refractivity contribution in [3.8, 4) is 0 Å². The average molecular weight is 224 g/mol. The first kappa shape index (κ1) is 13.0. The van der Waals surface area contributed by atoms with Gasteiger partial charge in [-0.1, -0.05) is 0 Å². The minimum absolute atomic E-state index is 1.19. The molecule has 1 rings (SSSR count). The Morgan fingerprint density at radius 2 is 1.71 bits per heavy atom. The van der Waals surface area contributed by atoms with E-state index < -0.39 is 7.99 Å². The zero-order valence-electron chi connectivity index (χ0n) is 7.76. The highest BCUT2D eigenvalue weighted by Gasteiger charge is 2.09. The minimum Gasteiger partial charge on any atom is -0.378 e. The van der Waals surface area contributed by atoms with Crippen molar-refractivity contribution in [2.24, 2.45) is 0 Å². The second-order valence-corrected chi connectivity index (χ2v) is 3.40. The average Bonchev–Trinajstić information content (AvgIpc) is 2.03. The molecule has 0 atom stereocenters. The van der Waals surface area contributed by atoms with Gasteiger partial charge in [-0.05, 0) is 12.1 Å². The number of hydrogen-bond acceptors (Lipinski definition) is 3. The molecule has 0 radical (unpaired) electrons. The standard InChI is InChI=1S/C7H10N2.F2HO2P/c1-9(2)7-3-5-8-6-4-7;1-5(2,3)4/h3-6H,1-2H3;(H,3,4). The SMILES string of the molecule is CN(C)c1ccncc1.O=P(O)(F)F. The van der Waals surface area contributed by atoms with Gasteiger partial charge >= 0.3 is 7.99 Å². The van der Waals surface area contributed by atoms with E-state index in [1.165, 1.54) is 5.69 Å². The van der Waals surface area contributed by atoms with Crippen LogP contribution in [0.2, 0.25) is 0 Å². The van der Waals surface area contributed by atoms with Crippen molar-refractivity contribution in [2.75, 3.05) is 19.0 Å². The summed E-state index contributed by atoms with van der Waals surface area (Å²) >= 11 is 0. The summed E-state index contributed by atoms with van der Waals surface area (Å²) in [5, 5.41) is 0. The Hall–Kier alpha value is -1.00. The van der Waals surface area contributed by atoms with Crippen LogP contribution in [0.25, 0.3) is 0 Å². The molecule has 4 nitrogen and oxygen atoms in total. The maximum Gasteiger partial charge on any atom is 0.549 e. The largest absolute Gasteiger partial charge is 0.549 e. The van der Waals surface area contributed by atoms with Gasteiger partial charge < -0.3 is 4.90 Å². The highest BCUT2D eigenvalue weighted by atomic mass is 31.2. The molecule has 14 heavy (non-hydrogen) atoms. The Labute approximate surface area is 80.9 Å². The van der Waals surface area contributed by atoms with Gasteiger partial charge in [0.05, 0.1) is 0 Å². The van der Waals surface area contributed by atoms with Gasteiger partial charge in [0.2, 0.25) is 0 Å². The Morgan fingerprint density at radius 3 is 1.93 bits per heavy atom. The van der Waals surface area contributed by atoms with E-state index in [1.54, 1.807) is 12.4 Å². The predicted octanol–water partition coefficient (Wildman–Crippen LogP) is 2.17. The van der Waals surface area contributed by atoms with E-state index in [4.69, 9.17) is 9.46 Å². The molecule has 0 aliphatic carbocycles. The molecule has 7 heteroatoms. The third-order valence-corrected chi connectivity index (χ3v) is 1.18. The van der Waals surface area contributed by atoms with Crippen LogP contribution >= 0.6 is 7.99 Å². The van der Waals surface area contributed by atoms with Crippen molar-refractivity contribution in [1.29, 1.82) is 0 Å². The third-order valence-electron chi connectivity index (χ3n) is 1.18. The Morgan fingerprint density at radius 1 is 1.36 bits per heavy atom. The highest BCUT2D eigenvalue weighted by Crippen LogP contribution is 2.43. The van der Waals surface area contributed by atoms with Gasteiger partial charge in [0.25, 0.3) is 0 Å². The van der Waals surface area contributed by atoms with Crippen LogP contribution < -0.4 is 4.90 Å². The lowest BCUT2D eigenvalue weighted by atomic mass is 10.4. The van der Waals surface area contributed by atoms with Gasteiger partial charge in [0.15, 0.2) is 0 Å². The van der Waals surface area contributed by atoms with E-state index in [9.17, 15) is 8.39 Å². The highest BCUT2D eigenvalue weighted by molar-refractivity contribution is 7.46. The van der Waals surface area contributed by atoms with E-state index in [2.05, 4.69) is 4.98 Å². The quantitative estimate of drug-likeness (QED) is 0.743. The number of rotatable bonds is 1.